The van der Waals surface area contributed by atoms with Gasteiger partial charge in [-0.2, -0.15) is 0 Å². The summed E-state index contributed by atoms with van der Waals surface area (Å²) in [6.45, 7) is 18.8. The van der Waals surface area contributed by atoms with Crippen LogP contribution in [0.15, 0.2) is 24.7 Å². The fourth-order valence-corrected chi connectivity index (χ4v) is 9.18. The van der Waals surface area contributed by atoms with Gasteiger partial charge in [0.15, 0.2) is 23.3 Å². The average Bonchev–Trinajstić information content (AvgIpc) is 3.68. The van der Waals surface area contributed by atoms with Crippen molar-refractivity contribution in [3.8, 4) is 0 Å². The quantitative estimate of drug-likeness (QED) is 0.197. The third-order valence-electron chi connectivity index (χ3n) is 12.7. The highest BCUT2D eigenvalue weighted by Crippen LogP contribution is 2.43. The number of cyclic esters (lactones) is 1. The molecule has 2 aromatic rings. The minimum atomic E-state index is -1.40. The number of esters is 1. The fraction of sp³-hybridized carbons (Fsp3) is 0.756. The lowest BCUT2D eigenvalue weighted by molar-refractivity contribution is -0.299. The molecule has 1 N–H and O–H groups in total. The summed E-state index contributed by atoms with van der Waals surface area (Å²) >= 11 is 0. The first-order chi connectivity index (χ1) is 25.8. The molecular weight excluding hydrogens is 708 g/mol. The van der Waals surface area contributed by atoms with E-state index in [2.05, 4.69) is 9.97 Å². The number of rotatable bonds is 9. The van der Waals surface area contributed by atoms with Crippen molar-refractivity contribution in [2.45, 2.75) is 149 Å². The third-order valence-corrected chi connectivity index (χ3v) is 12.7. The number of aryl methyl sites for hydroxylation is 1. The summed E-state index contributed by atoms with van der Waals surface area (Å²) in [7, 11) is 1.50. The Morgan fingerprint density at radius 2 is 1.67 bits per heavy atom. The highest BCUT2D eigenvalue weighted by atomic mass is 16.7. The van der Waals surface area contributed by atoms with E-state index in [1.807, 2.05) is 44.4 Å². The minimum Gasteiger partial charge on any atom is -0.458 e. The molecule has 0 aromatic carbocycles. The molecule has 0 aliphatic carbocycles. The number of methoxy groups -OCH3 is 1. The molecule has 5 heterocycles. The maximum atomic E-state index is 14.6. The summed E-state index contributed by atoms with van der Waals surface area (Å²) in [5.41, 5.74) is -1.07. The summed E-state index contributed by atoms with van der Waals surface area (Å²) in [6, 6.07) is 3.03. The van der Waals surface area contributed by atoms with Crippen molar-refractivity contribution >= 4 is 34.8 Å². The Balaban J connectivity index is 1.44. The number of hydrogen-bond acceptors (Lipinski definition) is 12. The van der Waals surface area contributed by atoms with Gasteiger partial charge in [0.25, 0.3) is 0 Å². The molecule has 3 aliphatic heterocycles. The second-order valence-electron chi connectivity index (χ2n) is 17.0. The molecule has 13 atom stereocenters. The maximum absolute atomic E-state index is 14.6. The summed E-state index contributed by atoms with van der Waals surface area (Å²) in [6.07, 6.45) is 0.650. The van der Waals surface area contributed by atoms with E-state index < -0.39 is 83.4 Å². The van der Waals surface area contributed by atoms with Crippen molar-refractivity contribution < 1.29 is 48.0 Å². The summed E-state index contributed by atoms with van der Waals surface area (Å²) in [5, 5.41) is 11.4. The van der Waals surface area contributed by atoms with Crippen molar-refractivity contribution in [1.82, 2.24) is 19.4 Å². The zero-order chi connectivity index (χ0) is 40.6. The molecule has 3 aliphatic rings. The van der Waals surface area contributed by atoms with Gasteiger partial charge < -0.3 is 38.3 Å². The van der Waals surface area contributed by atoms with Gasteiger partial charge in [-0.25, -0.2) is 14.8 Å². The van der Waals surface area contributed by atoms with Crippen LogP contribution in [0.1, 0.15) is 94.9 Å². The first-order valence-corrected chi connectivity index (χ1v) is 19.9. The molecule has 5 rings (SSSR count). The Hall–Kier alpha value is -3.46. The molecule has 0 spiro atoms. The van der Waals surface area contributed by atoms with Crippen LogP contribution < -0.4 is 0 Å². The number of carbonyl (C=O) groups is 4. The van der Waals surface area contributed by atoms with Gasteiger partial charge in [-0.05, 0) is 84.3 Å². The zero-order valence-corrected chi connectivity index (χ0v) is 34.4. The fourth-order valence-electron chi connectivity index (χ4n) is 9.18. The minimum absolute atomic E-state index is 0.111. The van der Waals surface area contributed by atoms with E-state index in [0.29, 0.717) is 38.0 Å². The predicted octanol–water partition coefficient (Wildman–Crippen LogP) is 5.37. The molecular formula is C41H62N4O10. The van der Waals surface area contributed by atoms with E-state index >= 15 is 0 Å². The number of amides is 1. The monoisotopic (exact) mass is 770 g/mol. The Bertz CT molecular complexity index is 1700. The van der Waals surface area contributed by atoms with Gasteiger partial charge in [0, 0.05) is 44.1 Å². The molecule has 306 valence electrons. The number of nitrogens with zero attached hydrogens (tertiary/aromatic N) is 4. The number of unbranched alkanes of at least 4 members (excludes halogenated alkanes) is 1. The van der Waals surface area contributed by atoms with Crippen molar-refractivity contribution in [2.24, 2.45) is 35.5 Å². The van der Waals surface area contributed by atoms with Crippen LogP contribution in [0.4, 0.5) is 4.79 Å². The number of fused-ring (bicyclic) bond motifs is 2. The molecule has 1 amide bonds. The molecule has 14 heteroatoms. The molecule has 3 fully saturated rings. The Kier molecular flexibility index (Phi) is 13.2. The predicted molar refractivity (Wildman–Crippen MR) is 203 cm³/mol. The van der Waals surface area contributed by atoms with Crippen molar-refractivity contribution in [3.05, 3.63) is 24.7 Å². The van der Waals surface area contributed by atoms with E-state index in [4.69, 9.17) is 23.7 Å². The number of Topliss-reactive ketones (excluding diaryl/α,β-unsaturated/α-hetero) is 2. The standard InChI is InChI=1S/C41H62N4O10/c1-22(2)29-19-24(4)52-38(33(29)48)54-35-26(6)32(47)27(7)37(49)53-28(8)41(10)34(25(5)31(46)23(3)20-40(35,9)51-11)45(39(50)55-41)18-13-12-17-44-21-43-36-30(44)15-14-16-42-36/h14-16,21-29,33-35,38,48H,12-13,17-20H2,1-11H3/t23-,24-,25-,26+,27-,28?,29-,33-,34+,35?,38+,40-,41-/m1/s1. The van der Waals surface area contributed by atoms with Crippen LogP contribution in [0.3, 0.4) is 0 Å². The number of pyridine rings is 1. The number of aliphatic hydroxyl groups is 1. The smallest absolute Gasteiger partial charge is 0.410 e. The average molecular weight is 771 g/mol. The SMILES string of the molecule is CO[C@]1(C)C[C@@H](C)C(=O)[C@@H](C)[C@@H]2N(CCCCn3cnc4ncccc43)C(=O)O[C@]2(C)C(C)OC(=O)[C@H](C)C(=O)[C@H](C)C1O[C@@H]1O[C@H](C)C[C@H](C(C)C)[C@H]1O. The van der Waals surface area contributed by atoms with Crippen molar-refractivity contribution in [3.63, 3.8) is 0 Å². The van der Waals surface area contributed by atoms with Crippen LogP contribution in [-0.4, -0.2) is 110 Å². The second kappa shape index (κ2) is 17.0. The Labute approximate surface area is 324 Å². The number of aromatic nitrogens is 3. The highest BCUT2D eigenvalue weighted by molar-refractivity contribution is 6.00. The largest absolute Gasteiger partial charge is 0.458 e. The van der Waals surface area contributed by atoms with E-state index in [-0.39, 0.29) is 30.1 Å². The molecule has 2 unspecified atom stereocenters. The lowest BCUT2D eigenvalue weighted by atomic mass is 9.73. The van der Waals surface area contributed by atoms with E-state index in [0.717, 1.165) is 5.52 Å². The Morgan fingerprint density at radius 3 is 2.35 bits per heavy atom. The molecule has 2 aromatic heterocycles. The summed E-state index contributed by atoms with van der Waals surface area (Å²) in [5.74, 6) is -4.88. The molecule has 14 nitrogen and oxygen atoms in total. The number of hydrogen-bond donors (Lipinski definition) is 1. The van der Waals surface area contributed by atoms with Crippen LogP contribution in [0, 0.1) is 35.5 Å². The van der Waals surface area contributed by atoms with Gasteiger partial charge in [-0.3, -0.25) is 14.4 Å². The number of imidazole rings is 1. The van der Waals surface area contributed by atoms with Gasteiger partial charge in [-0.15, -0.1) is 0 Å². The van der Waals surface area contributed by atoms with Gasteiger partial charge >= 0.3 is 12.1 Å². The number of ether oxygens (including phenoxy) is 5. The van der Waals surface area contributed by atoms with Crippen LogP contribution in [0.25, 0.3) is 11.2 Å². The van der Waals surface area contributed by atoms with E-state index in [1.54, 1.807) is 52.0 Å². The van der Waals surface area contributed by atoms with Gasteiger partial charge in [0.1, 0.15) is 23.9 Å². The summed E-state index contributed by atoms with van der Waals surface area (Å²) in [4.78, 5) is 66.6. The normalized spacial score (nSPS) is 38.2. The molecule has 3 saturated heterocycles. The third kappa shape index (κ3) is 8.47. The lowest BCUT2D eigenvalue weighted by Crippen LogP contribution is -2.59. The van der Waals surface area contributed by atoms with Crippen LogP contribution in [-0.2, 0) is 44.6 Å². The first kappa shape index (κ1) is 42.7. The Morgan fingerprint density at radius 1 is 0.982 bits per heavy atom. The first-order valence-electron chi connectivity index (χ1n) is 19.9. The van der Waals surface area contributed by atoms with Gasteiger partial charge in [-0.1, -0.05) is 34.6 Å². The van der Waals surface area contributed by atoms with E-state index in [1.165, 1.54) is 14.0 Å². The lowest BCUT2D eigenvalue weighted by Gasteiger charge is -2.46. The van der Waals surface area contributed by atoms with Crippen LogP contribution in [0.5, 0.6) is 0 Å². The van der Waals surface area contributed by atoms with Gasteiger partial charge in [0.2, 0.25) is 0 Å². The molecule has 0 saturated carbocycles. The number of carbonyl (C=O) groups excluding carboxylic acids is 4. The number of ketones is 2. The van der Waals surface area contributed by atoms with Crippen molar-refractivity contribution in [1.29, 1.82) is 0 Å². The van der Waals surface area contributed by atoms with Crippen LogP contribution in [0.2, 0.25) is 0 Å². The second-order valence-corrected chi connectivity index (χ2v) is 17.0. The molecule has 55 heavy (non-hydrogen) atoms. The van der Waals surface area contributed by atoms with Gasteiger partial charge in [0.05, 0.1) is 35.7 Å². The highest BCUT2D eigenvalue weighted by Gasteiger charge is 2.59. The zero-order valence-electron chi connectivity index (χ0n) is 34.4. The summed E-state index contributed by atoms with van der Waals surface area (Å²) < 4.78 is 33.0. The maximum Gasteiger partial charge on any atom is 0.410 e. The number of aliphatic hydroxyl groups excluding tert-OH is 1. The molecule has 0 bridgehead atoms. The molecule has 0 radical (unpaired) electrons. The van der Waals surface area contributed by atoms with E-state index in [9.17, 15) is 24.3 Å². The topological polar surface area (TPSA) is 169 Å². The van der Waals surface area contributed by atoms with Crippen LogP contribution >= 0.6 is 0 Å². The van der Waals surface area contributed by atoms with Crippen molar-refractivity contribution in [2.75, 3.05) is 13.7 Å².